The molecule has 1 unspecified atom stereocenters. The Morgan fingerprint density at radius 3 is 3.06 bits per heavy atom. The minimum Gasteiger partial charge on any atom is -0.396 e. The number of hydrogen-bond donors (Lipinski definition) is 3. The normalized spacial score (nSPS) is 12.9. The number of aliphatic hydroxyl groups is 1. The first-order chi connectivity index (χ1) is 7.77. The van der Waals surface area contributed by atoms with E-state index in [4.69, 9.17) is 10.9 Å². The van der Waals surface area contributed by atoms with Crippen molar-refractivity contribution in [3.8, 4) is 0 Å². The van der Waals surface area contributed by atoms with Crippen LogP contribution in [0.3, 0.4) is 0 Å². The molecule has 4 N–H and O–H groups in total. The largest absolute Gasteiger partial charge is 0.396 e. The van der Waals surface area contributed by atoms with Crippen LogP contribution in [0.25, 0.3) is 11.2 Å². The quantitative estimate of drug-likeness (QED) is 0.470. The molecule has 2 heterocycles. The fraction of sp³-hybridized carbons (Fsp3) is 0.500. The predicted octanol–water partition coefficient (Wildman–Crippen LogP) is -0.550. The summed E-state index contributed by atoms with van der Waals surface area (Å²) >= 11 is 0. The number of anilines is 1. The van der Waals surface area contributed by atoms with E-state index in [-0.39, 0.29) is 12.6 Å². The molecule has 16 heavy (non-hydrogen) atoms. The van der Waals surface area contributed by atoms with Crippen LogP contribution in [-0.2, 0) is 0 Å². The summed E-state index contributed by atoms with van der Waals surface area (Å²) in [5, 5.41) is 16.8. The van der Waals surface area contributed by atoms with Gasteiger partial charge in [0, 0.05) is 6.61 Å². The van der Waals surface area contributed by atoms with Crippen LogP contribution in [0, 0.1) is 0 Å². The molecular weight excluding hydrogens is 210 g/mol. The van der Waals surface area contributed by atoms with E-state index in [0.717, 1.165) is 0 Å². The smallest absolute Gasteiger partial charge is 0.184 e. The minimum absolute atomic E-state index is 0.0236. The second-order valence-electron chi connectivity index (χ2n) is 3.43. The van der Waals surface area contributed by atoms with Crippen LogP contribution < -0.4 is 11.3 Å². The van der Waals surface area contributed by atoms with Crippen LogP contribution in [0.15, 0.2) is 6.33 Å². The third-order valence-electron chi connectivity index (χ3n) is 2.36. The van der Waals surface area contributed by atoms with Gasteiger partial charge in [0.05, 0.1) is 6.04 Å². The molecule has 0 saturated heterocycles. The van der Waals surface area contributed by atoms with E-state index in [0.29, 0.717) is 23.4 Å². The number of nitrogen functional groups attached to an aromatic ring is 1. The molecule has 0 aromatic carbocycles. The Labute approximate surface area is 91.5 Å². The van der Waals surface area contributed by atoms with E-state index >= 15 is 0 Å². The van der Waals surface area contributed by atoms with Crippen molar-refractivity contribution in [3.05, 3.63) is 6.33 Å². The number of nitrogens with two attached hydrogens (primary N) is 1. The van der Waals surface area contributed by atoms with E-state index in [9.17, 15) is 0 Å². The van der Waals surface area contributed by atoms with Crippen molar-refractivity contribution >= 4 is 17.0 Å². The van der Waals surface area contributed by atoms with Crippen molar-refractivity contribution < 1.29 is 5.11 Å². The van der Waals surface area contributed by atoms with E-state index in [1.54, 1.807) is 4.68 Å². The Kier molecular flexibility index (Phi) is 2.93. The van der Waals surface area contributed by atoms with Gasteiger partial charge in [-0.2, -0.15) is 0 Å². The Morgan fingerprint density at radius 1 is 1.56 bits per heavy atom. The van der Waals surface area contributed by atoms with Crippen molar-refractivity contribution in [2.45, 2.75) is 19.4 Å². The van der Waals surface area contributed by atoms with Crippen LogP contribution in [0.5, 0.6) is 0 Å². The second-order valence-corrected chi connectivity index (χ2v) is 3.43. The van der Waals surface area contributed by atoms with Crippen LogP contribution in [0.4, 0.5) is 5.82 Å². The van der Waals surface area contributed by atoms with Gasteiger partial charge in [0.15, 0.2) is 17.0 Å². The highest BCUT2D eigenvalue weighted by Gasteiger charge is 2.14. The highest BCUT2D eigenvalue weighted by molar-refractivity contribution is 5.81. The molecule has 0 aliphatic rings. The van der Waals surface area contributed by atoms with E-state index < -0.39 is 0 Å². The van der Waals surface area contributed by atoms with Gasteiger partial charge in [-0.1, -0.05) is 5.21 Å². The summed E-state index contributed by atoms with van der Waals surface area (Å²) in [4.78, 5) is 8.03. The lowest BCUT2D eigenvalue weighted by Crippen LogP contribution is -2.11. The molecule has 0 radical (unpaired) electrons. The van der Waals surface area contributed by atoms with E-state index in [2.05, 4.69) is 25.7 Å². The molecule has 0 bridgehead atoms. The number of fused-ring (bicyclic) bond motifs is 1. The molecule has 8 heteroatoms. The summed E-state index contributed by atoms with van der Waals surface area (Å²) in [5.74, 6) is 5.74. The zero-order valence-electron chi connectivity index (χ0n) is 8.83. The van der Waals surface area contributed by atoms with Gasteiger partial charge in [-0.15, -0.1) is 5.10 Å². The average molecular weight is 223 g/mol. The number of nitrogens with zero attached hydrogens (tertiary/aromatic N) is 5. The lowest BCUT2D eigenvalue weighted by atomic mass is 10.2. The zero-order chi connectivity index (χ0) is 11.5. The summed E-state index contributed by atoms with van der Waals surface area (Å²) in [6, 6.07) is 0.0236. The number of hydrazine groups is 1. The van der Waals surface area contributed by atoms with E-state index in [1.165, 1.54) is 6.33 Å². The minimum atomic E-state index is 0.0236. The van der Waals surface area contributed by atoms with Gasteiger partial charge in [0.1, 0.15) is 6.33 Å². The number of hydrogen-bond acceptors (Lipinski definition) is 7. The average Bonchev–Trinajstić information content (AvgIpc) is 2.72. The lowest BCUT2D eigenvalue weighted by Gasteiger charge is -2.09. The molecule has 0 fully saturated rings. The second kappa shape index (κ2) is 4.37. The van der Waals surface area contributed by atoms with Crippen molar-refractivity contribution in [3.63, 3.8) is 0 Å². The molecule has 0 spiro atoms. The fourth-order valence-electron chi connectivity index (χ4n) is 1.48. The Balaban J connectivity index is 2.48. The summed E-state index contributed by atoms with van der Waals surface area (Å²) in [5.41, 5.74) is 3.56. The molecular formula is C8H13N7O. The predicted molar refractivity (Wildman–Crippen MR) is 57.3 cm³/mol. The highest BCUT2D eigenvalue weighted by Crippen LogP contribution is 2.19. The number of nitrogens with one attached hydrogen (secondary N) is 1. The molecule has 8 nitrogen and oxygen atoms in total. The van der Waals surface area contributed by atoms with Gasteiger partial charge in [-0.3, -0.25) is 0 Å². The topological polar surface area (TPSA) is 115 Å². The van der Waals surface area contributed by atoms with Gasteiger partial charge >= 0.3 is 0 Å². The molecule has 0 aliphatic heterocycles. The van der Waals surface area contributed by atoms with Crippen molar-refractivity contribution in [1.29, 1.82) is 0 Å². The third-order valence-corrected chi connectivity index (χ3v) is 2.36. The standard InChI is InChI=1S/C8H13N7O/c1-5(2-3-16)15-8-6(13-14-15)7(12-9)10-4-11-8/h4-5,16H,2-3,9H2,1H3,(H,10,11,12). The number of aromatic nitrogens is 5. The molecule has 86 valence electrons. The molecule has 1 atom stereocenters. The van der Waals surface area contributed by atoms with Crippen LogP contribution in [0.1, 0.15) is 19.4 Å². The molecule has 0 aliphatic carbocycles. The number of rotatable bonds is 4. The maximum Gasteiger partial charge on any atom is 0.184 e. The van der Waals surface area contributed by atoms with Gasteiger partial charge in [0.2, 0.25) is 0 Å². The van der Waals surface area contributed by atoms with E-state index in [1.807, 2.05) is 6.92 Å². The molecule has 0 amide bonds. The third kappa shape index (κ3) is 1.68. The van der Waals surface area contributed by atoms with Crippen LogP contribution in [0.2, 0.25) is 0 Å². The molecule has 2 aromatic heterocycles. The van der Waals surface area contributed by atoms with Gasteiger partial charge in [-0.25, -0.2) is 20.5 Å². The van der Waals surface area contributed by atoms with Crippen molar-refractivity contribution in [2.24, 2.45) is 5.84 Å². The van der Waals surface area contributed by atoms with Crippen LogP contribution in [-0.4, -0.2) is 36.7 Å². The Morgan fingerprint density at radius 2 is 2.38 bits per heavy atom. The van der Waals surface area contributed by atoms with Crippen molar-refractivity contribution in [2.75, 3.05) is 12.0 Å². The zero-order valence-corrected chi connectivity index (χ0v) is 8.83. The summed E-state index contributed by atoms with van der Waals surface area (Å²) in [6.45, 7) is 2.03. The lowest BCUT2D eigenvalue weighted by molar-refractivity contribution is 0.258. The first kappa shape index (κ1) is 10.7. The first-order valence-corrected chi connectivity index (χ1v) is 4.91. The fourth-order valence-corrected chi connectivity index (χ4v) is 1.48. The monoisotopic (exact) mass is 223 g/mol. The maximum absolute atomic E-state index is 8.88. The highest BCUT2D eigenvalue weighted by atomic mass is 16.3. The molecule has 2 aromatic rings. The van der Waals surface area contributed by atoms with Gasteiger partial charge in [-0.05, 0) is 13.3 Å². The SMILES string of the molecule is CC(CCO)n1nnc2c(NN)ncnc21. The summed E-state index contributed by atoms with van der Waals surface area (Å²) in [6.07, 6.45) is 1.98. The maximum atomic E-state index is 8.88. The summed E-state index contributed by atoms with van der Waals surface area (Å²) < 4.78 is 1.65. The number of aliphatic hydroxyl groups excluding tert-OH is 1. The van der Waals surface area contributed by atoms with Crippen molar-refractivity contribution in [1.82, 2.24) is 25.0 Å². The Bertz CT molecular complexity index is 482. The summed E-state index contributed by atoms with van der Waals surface area (Å²) in [7, 11) is 0. The molecule has 0 saturated carbocycles. The Hall–Kier alpha value is -1.80. The first-order valence-electron chi connectivity index (χ1n) is 4.91. The van der Waals surface area contributed by atoms with Gasteiger partial charge < -0.3 is 10.5 Å². The van der Waals surface area contributed by atoms with Gasteiger partial charge in [0.25, 0.3) is 0 Å². The van der Waals surface area contributed by atoms with Crippen LogP contribution >= 0.6 is 0 Å². The molecule has 2 rings (SSSR count).